The van der Waals surface area contributed by atoms with Crippen LogP contribution in [0.15, 0.2) is 0 Å². The molecule has 3 heterocycles. The van der Waals surface area contributed by atoms with Gasteiger partial charge in [-0.1, -0.05) is 0 Å². The third-order valence-corrected chi connectivity index (χ3v) is 3.20. The normalized spacial score (nSPS) is 18.2. The maximum absolute atomic E-state index is 11.8. The fourth-order valence-electron chi connectivity index (χ4n) is 2.05. The van der Waals surface area contributed by atoms with Gasteiger partial charge in [-0.3, -0.25) is 19.2 Å². The third kappa shape index (κ3) is 3.12. The minimum Gasteiger partial charge on any atom is -0.500 e. The van der Waals surface area contributed by atoms with E-state index in [0.29, 0.717) is 0 Å². The number of pyridine rings is 1. The smallest absolute Gasteiger partial charge is 0.313 e. The van der Waals surface area contributed by atoms with Crippen LogP contribution in [0.25, 0.3) is 0 Å². The monoisotopic (exact) mass is 337 g/mol. The summed E-state index contributed by atoms with van der Waals surface area (Å²) in [6.45, 7) is -0.420. The summed E-state index contributed by atoms with van der Waals surface area (Å²) in [7, 11) is 0. The van der Waals surface area contributed by atoms with Gasteiger partial charge in [0.05, 0.1) is 25.7 Å². The highest BCUT2D eigenvalue weighted by Crippen LogP contribution is 2.45. The van der Waals surface area contributed by atoms with Gasteiger partial charge in [0.15, 0.2) is 0 Å². The molecule has 0 fully saturated rings. The molecule has 2 bridgehead atoms. The van der Waals surface area contributed by atoms with Crippen molar-refractivity contribution in [1.82, 2.24) is 4.98 Å². The molecule has 1 aromatic heterocycles. The second-order valence-corrected chi connectivity index (χ2v) is 4.95. The van der Waals surface area contributed by atoms with Gasteiger partial charge in [0.1, 0.15) is 12.3 Å². The highest BCUT2D eigenvalue weighted by atomic mass is 16.6. The molecule has 0 spiro atoms. The van der Waals surface area contributed by atoms with Crippen molar-refractivity contribution in [3.63, 3.8) is 0 Å². The molecular formula is C14H11NO9. The molecule has 10 nitrogen and oxygen atoms in total. The molecule has 24 heavy (non-hydrogen) atoms. The van der Waals surface area contributed by atoms with Crippen LogP contribution in [-0.4, -0.2) is 34.0 Å². The Morgan fingerprint density at radius 2 is 1.29 bits per heavy atom. The van der Waals surface area contributed by atoms with E-state index in [2.05, 4.69) is 4.98 Å². The molecule has 0 saturated heterocycles. The van der Waals surface area contributed by atoms with E-state index in [0.717, 1.165) is 0 Å². The first kappa shape index (κ1) is 15.7. The lowest BCUT2D eigenvalue weighted by atomic mass is 10.2. The van der Waals surface area contributed by atoms with Gasteiger partial charge in [-0.05, 0) is 0 Å². The number of fused-ring (bicyclic) bond motifs is 4. The minimum atomic E-state index is -0.837. The second-order valence-electron chi connectivity index (χ2n) is 4.95. The number of aromatic hydroxyl groups is 1. The minimum absolute atomic E-state index is 0.135. The van der Waals surface area contributed by atoms with E-state index in [9.17, 15) is 24.3 Å². The number of hydrogen-bond donors (Lipinski definition) is 1. The summed E-state index contributed by atoms with van der Waals surface area (Å²) in [5.74, 6) is -5.27. The molecule has 0 saturated carbocycles. The molecule has 0 aromatic carbocycles. The first-order chi connectivity index (χ1) is 11.4. The number of ether oxygens (including phenoxy) is 4. The van der Waals surface area contributed by atoms with Crippen LogP contribution >= 0.6 is 0 Å². The molecule has 126 valence electrons. The number of nitrogens with zero attached hydrogens (tertiary/aromatic N) is 1. The number of cyclic esters (lactones) is 1. The fraction of sp³-hybridized carbons (Fsp3) is 0.357. The summed E-state index contributed by atoms with van der Waals surface area (Å²) in [5, 5.41) is 10.1. The molecule has 10 heteroatoms. The summed E-state index contributed by atoms with van der Waals surface area (Å²) in [6, 6.07) is 0. The average Bonchev–Trinajstić information content (AvgIpc) is 2.62. The molecule has 0 amide bonds. The summed E-state index contributed by atoms with van der Waals surface area (Å²) in [6.07, 6.45) is -1.04. The molecule has 1 aromatic rings. The maximum Gasteiger partial charge on any atom is 0.313 e. The van der Waals surface area contributed by atoms with E-state index in [4.69, 9.17) is 18.9 Å². The van der Waals surface area contributed by atoms with Crippen LogP contribution < -0.4 is 14.2 Å². The number of rotatable bonds is 0. The molecule has 0 aliphatic carbocycles. The Morgan fingerprint density at radius 3 is 1.96 bits per heavy atom. The Bertz CT molecular complexity index is 755. The molecule has 0 unspecified atom stereocenters. The lowest BCUT2D eigenvalue weighted by molar-refractivity contribution is -0.147. The van der Waals surface area contributed by atoms with Gasteiger partial charge in [-0.2, -0.15) is 0 Å². The van der Waals surface area contributed by atoms with Crippen LogP contribution in [0, 0.1) is 0 Å². The molecule has 2 aliphatic heterocycles. The third-order valence-electron chi connectivity index (χ3n) is 3.20. The van der Waals surface area contributed by atoms with Crippen molar-refractivity contribution in [2.45, 2.75) is 32.3 Å². The number of aromatic nitrogens is 1. The SMILES string of the molecule is O=C1CCC(=O)Oc2c(nc3c(O)c2OC(=O)CCC(=O)O3)CO1. The Balaban J connectivity index is 2.15. The highest BCUT2D eigenvalue weighted by Gasteiger charge is 2.31. The van der Waals surface area contributed by atoms with Gasteiger partial charge >= 0.3 is 23.9 Å². The van der Waals surface area contributed by atoms with Gasteiger partial charge < -0.3 is 24.1 Å². The van der Waals surface area contributed by atoms with Crippen molar-refractivity contribution in [2.24, 2.45) is 0 Å². The lowest BCUT2D eigenvalue weighted by Gasteiger charge is -2.15. The summed E-state index contributed by atoms with van der Waals surface area (Å²) in [5.41, 5.74) is -0.135. The zero-order chi connectivity index (χ0) is 17.3. The van der Waals surface area contributed by atoms with Crippen molar-refractivity contribution in [3.05, 3.63) is 5.69 Å². The Hall–Kier alpha value is -3.17. The van der Waals surface area contributed by atoms with Crippen molar-refractivity contribution in [2.75, 3.05) is 0 Å². The zero-order valence-electron chi connectivity index (χ0n) is 12.2. The summed E-state index contributed by atoms with van der Waals surface area (Å²) in [4.78, 5) is 50.4. The molecule has 0 atom stereocenters. The molecule has 0 radical (unpaired) electrons. The number of hydrogen-bond acceptors (Lipinski definition) is 10. The highest BCUT2D eigenvalue weighted by molar-refractivity contribution is 5.85. The first-order valence-electron chi connectivity index (χ1n) is 6.97. The van der Waals surface area contributed by atoms with Crippen molar-refractivity contribution < 1.29 is 43.2 Å². The number of carbonyl (C=O) groups is 4. The van der Waals surface area contributed by atoms with Crippen LogP contribution in [0.2, 0.25) is 0 Å². The van der Waals surface area contributed by atoms with E-state index in [1.54, 1.807) is 0 Å². The van der Waals surface area contributed by atoms with Gasteiger partial charge in [-0.15, -0.1) is 0 Å². The van der Waals surface area contributed by atoms with E-state index < -0.39 is 47.9 Å². The van der Waals surface area contributed by atoms with Crippen LogP contribution in [0.3, 0.4) is 0 Å². The van der Waals surface area contributed by atoms with Crippen LogP contribution in [0.4, 0.5) is 0 Å². The van der Waals surface area contributed by atoms with E-state index >= 15 is 0 Å². The summed E-state index contributed by atoms with van der Waals surface area (Å²) < 4.78 is 19.8. The Morgan fingerprint density at radius 1 is 0.750 bits per heavy atom. The fourth-order valence-corrected chi connectivity index (χ4v) is 2.05. The average molecular weight is 337 g/mol. The number of carbonyl (C=O) groups excluding carboxylic acids is 4. The second kappa shape index (κ2) is 6.14. The maximum atomic E-state index is 11.8. The summed E-state index contributed by atoms with van der Waals surface area (Å²) >= 11 is 0. The largest absolute Gasteiger partial charge is 0.500 e. The molecule has 2 aliphatic rings. The van der Waals surface area contributed by atoms with Gasteiger partial charge in [0, 0.05) is 0 Å². The predicted molar refractivity (Wildman–Crippen MR) is 71.1 cm³/mol. The van der Waals surface area contributed by atoms with Crippen molar-refractivity contribution in [3.8, 4) is 23.1 Å². The van der Waals surface area contributed by atoms with Gasteiger partial charge in [0.25, 0.3) is 5.88 Å². The topological polar surface area (TPSA) is 138 Å². The van der Waals surface area contributed by atoms with E-state index in [-0.39, 0.29) is 37.1 Å². The first-order valence-corrected chi connectivity index (χ1v) is 6.97. The Labute approximate surface area is 134 Å². The molecule has 1 N–H and O–H groups in total. The van der Waals surface area contributed by atoms with Crippen LogP contribution in [0.5, 0.6) is 23.1 Å². The van der Waals surface area contributed by atoms with E-state index in [1.165, 1.54) is 0 Å². The quantitative estimate of drug-likeness (QED) is 0.650. The lowest BCUT2D eigenvalue weighted by Crippen LogP contribution is -2.13. The van der Waals surface area contributed by atoms with Crippen LogP contribution in [-0.2, 0) is 30.5 Å². The number of esters is 4. The predicted octanol–water partition coefficient (Wildman–Crippen LogP) is 0.134. The van der Waals surface area contributed by atoms with Gasteiger partial charge in [-0.25, -0.2) is 4.98 Å². The van der Waals surface area contributed by atoms with Gasteiger partial charge in [0.2, 0.25) is 17.2 Å². The van der Waals surface area contributed by atoms with E-state index in [1.807, 2.05) is 0 Å². The van der Waals surface area contributed by atoms with Crippen molar-refractivity contribution in [1.29, 1.82) is 0 Å². The Kier molecular flexibility index (Phi) is 4.02. The van der Waals surface area contributed by atoms with Crippen LogP contribution in [0.1, 0.15) is 31.4 Å². The standard InChI is InChI=1S/C14H11NO9/c16-7-1-2-8(17)22-12-6(5-21-7)15-14-11(20)13(12)23-9(18)3-4-10(19)24-14/h20H,1-5H2. The zero-order valence-corrected chi connectivity index (χ0v) is 12.2. The molecule has 3 rings (SSSR count). The van der Waals surface area contributed by atoms with Crippen molar-refractivity contribution >= 4 is 23.9 Å². The molecular weight excluding hydrogens is 326 g/mol.